The summed E-state index contributed by atoms with van der Waals surface area (Å²) in [4.78, 5) is 7.56. The quantitative estimate of drug-likeness (QED) is 0.161. The molecule has 0 fully saturated rings. The Morgan fingerprint density at radius 1 is 0.327 bits per heavy atom. The number of nitrogens with zero attached hydrogens (tertiary/aromatic N) is 3. The number of fused-ring (bicyclic) bond motifs is 1. The highest BCUT2D eigenvalue weighted by molar-refractivity contribution is 5.92. The second-order valence-corrected chi connectivity index (χ2v) is 12.8. The summed E-state index contributed by atoms with van der Waals surface area (Å²) in [5.74, 6) is 0.907. The van der Waals surface area contributed by atoms with E-state index in [1.165, 1.54) is 0 Å². The molecule has 9 aromatic rings. The lowest BCUT2D eigenvalue weighted by atomic mass is 9.95. The first-order chi connectivity index (χ1) is 25.8. The van der Waals surface area contributed by atoms with Gasteiger partial charge in [-0.2, -0.15) is 0 Å². The van der Waals surface area contributed by atoms with Gasteiger partial charge in [-0.05, 0) is 70.8 Å². The van der Waals surface area contributed by atoms with Crippen molar-refractivity contribution in [2.24, 2.45) is 0 Å². The molecule has 0 bridgehead atoms. The summed E-state index contributed by atoms with van der Waals surface area (Å²) in [7, 11) is 0. The monoisotopic (exact) mass is 665 g/mol. The molecule has 0 spiro atoms. The molecule has 0 saturated heterocycles. The van der Waals surface area contributed by atoms with E-state index in [0.717, 1.165) is 78.6 Å². The molecule has 3 nitrogen and oxygen atoms in total. The van der Waals surface area contributed by atoms with Gasteiger partial charge in [-0.1, -0.05) is 164 Å². The van der Waals surface area contributed by atoms with Crippen LogP contribution in [0.5, 0.6) is 0 Å². The molecule has 0 amide bonds. The molecular weight excluding hydrogens is 631 g/mol. The van der Waals surface area contributed by atoms with Gasteiger partial charge >= 0.3 is 0 Å². The van der Waals surface area contributed by atoms with Crippen LogP contribution in [0.4, 0.5) is 17.1 Å². The first-order valence-corrected chi connectivity index (χ1v) is 17.6. The molecule has 52 heavy (non-hydrogen) atoms. The zero-order chi connectivity index (χ0) is 34.7. The standard InChI is InChI=1S/C49H35N3/c1-5-16-38(17-6-1)44-24-15-25-45(39-18-7-2-8-19-39)48(44)52-47-27-14-13-26-46(47)50-49(52)40-30-28-36(29-31-40)37-32-34-43(35-33-37)51(41-20-9-3-10-21-41)42-22-11-4-12-23-42/h1-35H. The van der Waals surface area contributed by atoms with Crippen molar-refractivity contribution in [3.05, 3.63) is 212 Å². The Morgan fingerprint density at radius 3 is 1.29 bits per heavy atom. The van der Waals surface area contributed by atoms with E-state index < -0.39 is 0 Å². The van der Waals surface area contributed by atoms with Gasteiger partial charge in [0.25, 0.3) is 0 Å². The van der Waals surface area contributed by atoms with E-state index >= 15 is 0 Å². The summed E-state index contributed by atoms with van der Waals surface area (Å²) in [6.45, 7) is 0. The second kappa shape index (κ2) is 13.7. The maximum atomic E-state index is 5.28. The average molecular weight is 666 g/mol. The zero-order valence-electron chi connectivity index (χ0n) is 28.5. The van der Waals surface area contributed by atoms with Gasteiger partial charge in [0.1, 0.15) is 5.82 Å². The predicted molar refractivity (Wildman–Crippen MR) is 217 cm³/mol. The predicted octanol–water partition coefficient (Wildman–Crippen LogP) is 13.2. The first kappa shape index (κ1) is 31.0. The fourth-order valence-electron chi connectivity index (χ4n) is 7.15. The van der Waals surface area contributed by atoms with Gasteiger partial charge < -0.3 is 4.90 Å². The van der Waals surface area contributed by atoms with Crippen molar-refractivity contribution < 1.29 is 0 Å². The molecule has 8 aromatic carbocycles. The van der Waals surface area contributed by atoms with Crippen LogP contribution in [0.25, 0.3) is 61.5 Å². The van der Waals surface area contributed by atoms with Crippen LogP contribution >= 0.6 is 0 Å². The lowest BCUT2D eigenvalue weighted by Crippen LogP contribution is -2.09. The molecule has 0 unspecified atom stereocenters. The van der Waals surface area contributed by atoms with E-state index in [0.29, 0.717) is 0 Å². The number of imidazole rings is 1. The molecule has 246 valence electrons. The minimum atomic E-state index is 0.907. The minimum Gasteiger partial charge on any atom is -0.311 e. The van der Waals surface area contributed by atoms with Crippen LogP contribution in [0, 0.1) is 0 Å². The first-order valence-electron chi connectivity index (χ1n) is 17.6. The Morgan fingerprint density at radius 2 is 0.750 bits per heavy atom. The van der Waals surface area contributed by atoms with Crippen molar-refractivity contribution in [1.29, 1.82) is 0 Å². The van der Waals surface area contributed by atoms with E-state index in [2.05, 4.69) is 222 Å². The van der Waals surface area contributed by atoms with Crippen LogP contribution in [-0.4, -0.2) is 9.55 Å². The summed E-state index contributed by atoms with van der Waals surface area (Å²) in [5.41, 5.74) is 14.5. The summed E-state index contributed by atoms with van der Waals surface area (Å²) in [5, 5.41) is 0. The molecule has 0 atom stereocenters. The molecule has 9 rings (SSSR count). The Kier molecular flexibility index (Phi) is 8.20. The molecule has 0 radical (unpaired) electrons. The van der Waals surface area contributed by atoms with E-state index in [4.69, 9.17) is 4.98 Å². The molecule has 1 aromatic heterocycles. The lowest BCUT2D eigenvalue weighted by Gasteiger charge is -2.25. The van der Waals surface area contributed by atoms with Crippen LogP contribution < -0.4 is 4.90 Å². The van der Waals surface area contributed by atoms with Crippen LogP contribution in [-0.2, 0) is 0 Å². The Labute approximate surface area is 304 Å². The van der Waals surface area contributed by atoms with Gasteiger partial charge in [0.05, 0.1) is 16.7 Å². The van der Waals surface area contributed by atoms with Crippen LogP contribution in [0.3, 0.4) is 0 Å². The fraction of sp³-hybridized carbons (Fsp3) is 0. The number of para-hydroxylation sites is 5. The average Bonchev–Trinajstić information content (AvgIpc) is 3.62. The smallest absolute Gasteiger partial charge is 0.145 e. The number of anilines is 3. The van der Waals surface area contributed by atoms with Crippen molar-refractivity contribution in [3.8, 4) is 50.5 Å². The highest BCUT2D eigenvalue weighted by Gasteiger charge is 2.21. The van der Waals surface area contributed by atoms with Gasteiger partial charge in [-0.25, -0.2) is 4.98 Å². The molecular formula is C49H35N3. The van der Waals surface area contributed by atoms with Crippen LogP contribution in [0.15, 0.2) is 212 Å². The zero-order valence-corrected chi connectivity index (χ0v) is 28.5. The van der Waals surface area contributed by atoms with Crippen molar-refractivity contribution in [1.82, 2.24) is 9.55 Å². The van der Waals surface area contributed by atoms with Crippen molar-refractivity contribution in [2.45, 2.75) is 0 Å². The molecule has 0 aliphatic heterocycles. The molecule has 0 saturated carbocycles. The van der Waals surface area contributed by atoms with E-state index in [9.17, 15) is 0 Å². The third-order valence-electron chi connectivity index (χ3n) is 9.62. The van der Waals surface area contributed by atoms with Gasteiger partial charge in [-0.3, -0.25) is 4.57 Å². The normalized spacial score (nSPS) is 11.1. The fourth-order valence-corrected chi connectivity index (χ4v) is 7.15. The topological polar surface area (TPSA) is 21.1 Å². The highest BCUT2D eigenvalue weighted by atomic mass is 15.1. The van der Waals surface area contributed by atoms with E-state index in [1.807, 2.05) is 0 Å². The minimum absolute atomic E-state index is 0.907. The Bertz CT molecular complexity index is 2480. The molecule has 0 aliphatic carbocycles. The van der Waals surface area contributed by atoms with Crippen molar-refractivity contribution >= 4 is 28.1 Å². The lowest BCUT2D eigenvalue weighted by molar-refractivity contribution is 1.11. The molecule has 1 heterocycles. The SMILES string of the molecule is c1ccc(-c2cccc(-c3ccccc3)c2-n2c(-c3ccc(-c4ccc(N(c5ccccc5)c5ccccc5)cc4)cc3)nc3ccccc32)cc1. The second-order valence-electron chi connectivity index (χ2n) is 12.8. The van der Waals surface area contributed by atoms with Crippen molar-refractivity contribution in [3.63, 3.8) is 0 Å². The summed E-state index contributed by atoms with van der Waals surface area (Å²) in [6.07, 6.45) is 0. The summed E-state index contributed by atoms with van der Waals surface area (Å²) >= 11 is 0. The molecule has 3 heteroatoms. The van der Waals surface area contributed by atoms with Crippen molar-refractivity contribution in [2.75, 3.05) is 4.90 Å². The van der Waals surface area contributed by atoms with Gasteiger partial charge in [0.2, 0.25) is 0 Å². The maximum Gasteiger partial charge on any atom is 0.145 e. The summed E-state index contributed by atoms with van der Waals surface area (Å²) in [6, 6.07) is 75.0. The largest absolute Gasteiger partial charge is 0.311 e. The van der Waals surface area contributed by atoms with Crippen LogP contribution in [0.1, 0.15) is 0 Å². The van der Waals surface area contributed by atoms with Gasteiger partial charge in [0, 0.05) is 33.8 Å². The molecule has 0 aliphatic rings. The number of benzene rings is 8. The number of hydrogen-bond acceptors (Lipinski definition) is 2. The highest BCUT2D eigenvalue weighted by Crippen LogP contribution is 2.41. The van der Waals surface area contributed by atoms with Gasteiger partial charge in [-0.15, -0.1) is 0 Å². The Balaban J connectivity index is 1.14. The Hall–Kier alpha value is -6.97. The number of rotatable bonds is 8. The number of hydrogen-bond donors (Lipinski definition) is 0. The maximum absolute atomic E-state index is 5.28. The third kappa shape index (κ3) is 5.85. The third-order valence-corrected chi connectivity index (χ3v) is 9.62. The van der Waals surface area contributed by atoms with Gasteiger partial charge in [0.15, 0.2) is 0 Å². The van der Waals surface area contributed by atoms with E-state index in [-0.39, 0.29) is 0 Å². The van der Waals surface area contributed by atoms with E-state index in [1.54, 1.807) is 0 Å². The summed E-state index contributed by atoms with van der Waals surface area (Å²) < 4.78 is 2.35. The number of aromatic nitrogens is 2. The molecule has 0 N–H and O–H groups in total. The van der Waals surface area contributed by atoms with Crippen LogP contribution in [0.2, 0.25) is 0 Å².